The van der Waals surface area contributed by atoms with Crippen molar-refractivity contribution in [1.82, 2.24) is 5.32 Å². The van der Waals surface area contributed by atoms with Crippen molar-refractivity contribution in [3.63, 3.8) is 0 Å². The van der Waals surface area contributed by atoms with Crippen LogP contribution in [0.4, 0.5) is 5.69 Å². The molecule has 1 amide bonds. The van der Waals surface area contributed by atoms with Gasteiger partial charge in [-0.2, -0.15) is 0 Å². The standard InChI is InChI=1S/C20H26N2O2/c1-4-12-21-13-14-24-18-10-8-17(9-11-18)22-20(23)19-7-5-6-15(2)16(19)3/h5-11,21H,4,12-14H2,1-3H3,(H,22,23). The normalized spacial score (nSPS) is 10.5. The first-order valence-electron chi connectivity index (χ1n) is 8.43. The SMILES string of the molecule is CCCNCCOc1ccc(NC(=O)c2cccc(C)c2C)cc1. The highest BCUT2D eigenvalue weighted by Gasteiger charge is 2.10. The van der Waals surface area contributed by atoms with Gasteiger partial charge >= 0.3 is 0 Å². The predicted octanol–water partition coefficient (Wildman–Crippen LogP) is 3.93. The molecule has 0 aliphatic heterocycles. The highest BCUT2D eigenvalue weighted by atomic mass is 16.5. The Hall–Kier alpha value is -2.33. The lowest BCUT2D eigenvalue weighted by atomic mass is 10.0. The maximum Gasteiger partial charge on any atom is 0.255 e. The molecule has 0 saturated heterocycles. The van der Waals surface area contributed by atoms with Gasteiger partial charge in [0.25, 0.3) is 5.91 Å². The van der Waals surface area contributed by atoms with Gasteiger partial charge in [0.15, 0.2) is 0 Å². The summed E-state index contributed by atoms with van der Waals surface area (Å²) in [5.74, 6) is 0.715. The highest BCUT2D eigenvalue weighted by molar-refractivity contribution is 6.05. The predicted molar refractivity (Wildman–Crippen MR) is 99.0 cm³/mol. The van der Waals surface area contributed by atoms with Crippen LogP contribution in [0.15, 0.2) is 42.5 Å². The van der Waals surface area contributed by atoms with E-state index in [1.165, 1.54) is 0 Å². The molecule has 0 saturated carbocycles. The maximum atomic E-state index is 12.4. The minimum absolute atomic E-state index is 0.0892. The fraction of sp³-hybridized carbons (Fsp3) is 0.350. The molecule has 0 fully saturated rings. The molecule has 0 aliphatic carbocycles. The number of nitrogens with one attached hydrogen (secondary N) is 2. The minimum Gasteiger partial charge on any atom is -0.492 e. The summed E-state index contributed by atoms with van der Waals surface area (Å²) < 4.78 is 5.66. The average molecular weight is 326 g/mol. The Bertz CT molecular complexity index is 666. The Balaban J connectivity index is 1.89. The number of rotatable bonds is 8. The lowest BCUT2D eigenvalue weighted by Crippen LogP contribution is -2.21. The molecule has 4 heteroatoms. The van der Waals surface area contributed by atoms with E-state index >= 15 is 0 Å². The molecule has 24 heavy (non-hydrogen) atoms. The topological polar surface area (TPSA) is 50.4 Å². The molecular weight excluding hydrogens is 300 g/mol. The summed E-state index contributed by atoms with van der Waals surface area (Å²) in [6.45, 7) is 8.58. The molecular formula is C20H26N2O2. The number of carbonyl (C=O) groups excluding carboxylic acids is 1. The molecule has 2 aromatic rings. The second-order valence-corrected chi connectivity index (χ2v) is 5.82. The summed E-state index contributed by atoms with van der Waals surface area (Å²) in [4.78, 5) is 12.4. The summed E-state index contributed by atoms with van der Waals surface area (Å²) in [5, 5.41) is 6.22. The zero-order valence-electron chi connectivity index (χ0n) is 14.7. The van der Waals surface area contributed by atoms with Crippen LogP contribution in [-0.4, -0.2) is 25.6 Å². The first-order chi connectivity index (χ1) is 11.6. The van der Waals surface area contributed by atoms with Gasteiger partial charge in [-0.05, 0) is 68.3 Å². The van der Waals surface area contributed by atoms with Gasteiger partial charge in [-0.15, -0.1) is 0 Å². The van der Waals surface area contributed by atoms with Gasteiger partial charge in [-0.1, -0.05) is 19.1 Å². The molecule has 0 bridgehead atoms. The van der Waals surface area contributed by atoms with Crippen molar-refractivity contribution in [2.75, 3.05) is 25.0 Å². The summed E-state index contributed by atoms with van der Waals surface area (Å²) in [5.41, 5.74) is 3.59. The number of carbonyl (C=O) groups is 1. The van der Waals surface area contributed by atoms with Crippen LogP contribution >= 0.6 is 0 Å². The van der Waals surface area contributed by atoms with Gasteiger partial charge in [-0.25, -0.2) is 0 Å². The number of ether oxygens (including phenoxy) is 1. The molecule has 0 radical (unpaired) electrons. The van der Waals surface area contributed by atoms with Crippen LogP contribution in [0.25, 0.3) is 0 Å². The van der Waals surface area contributed by atoms with E-state index in [-0.39, 0.29) is 5.91 Å². The molecule has 0 atom stereocenters. The molecule has 0 aromatic heterocycles. The monoisotopic (exact) mass is 326 g/mol. The largest absolute Gasteiger partial charge is 0.492 e. The summed E-state index contributed by atoms with van der Waals surface area (Å²) in [7, 11) is 0. The summed E-state index contributed by atoms with van der Waals surface area (Å²) in [6.07, 6.45) is 1.12. The van der Waals surface area contributed by atoms with E-state index in [2.05, 4.69) is 17.6 Å². The second-order valence-electron chi connectivity index (χ2n) is 5.82. The smallest absolute Gasteiger partial charge is 0.255 e. The van der Waals surface area contributed by atoms with Crippen molar-refractivity contribution in [3.05, 3.63) is 59.2 Å². The van der Waals surface area contributed by atoms with E-state index < -0.39 is 0 Å². The van der Waals surface area contributed by atoms with Gasteiger partial charge in [0, 0.05) is 17.8 Å². The third kappa shape index (κ3) is 5.10. The number of aryl methyl sites for hydroxylation is 1. The van der Waals surface area contributed by atoms with Crippen molar-refractivity contribution in [1.29, 1.82) is 0 Å². The van der Waals surface area contributed by atoms with Crippen LogP contribution < -0.4 is 15.4 Å². The van der Waals surface area contributed by atoms with Gasteiger partial charge in [0.2, 0.25) is 0 Å². The summed E-state index contributed by atoms with van der Waals surface area (Å²) in [6, 6.07) is 13.2. The van der Waals surface area contributed by atoms with E-state index in [4.69, 9.17) is 4.74 Å². The van der Waals surface area contributed by atoms with Crippen LogP contribution in [0.5, 0.6) is 5.75 Å². The molecule has 0 unspecified atom stereocenters. The van der Waals surface area contributed by atoms with E-state index in [0.29, 0.717) is 12.2 Å². The van der Waals surface area contributed by atoms with E-state index in [1.54, 1.807) is 0 Å². The maximum absolute atomic E-state index is 12.4. The molecule has 0 heterocycles. The Morgan fingerprint density at radius 1 is 1.04 bits per heavy atom. The van der Waals surface area contributed by atoms with Crippen molar-refractivity contribution in [2.24, 2.45) is 0 Å². The molecule has 0 spiro atoms. The highest BCUT2D eigenvalue weighted by Crippen LogP contribution is 2.18. The fourth-order valence-corrected chi connectivity index (χ4v) is 2.37. The van der Waals surface area contributed by atoms with Gasteiger partial charge in [-0.3, -0.25) is 4.79 Å². The third-order valence-corrected chi connectivity index (χ3v) is 3.94. The van der Waals surface area contributed by atoms with Gasteiger partial charge < -0.3 is 15.4 Å². The van der Waals surface area contributed by atoms with Crippen LogP contribution in [0.1, 0.15) is 34.8 Å². The average Bonchev–Trinajstić information content (AvgIpc) is 2.58. The molecule has 2 rings (SSSR count). The first kappa shape index (κ1) is 18.0. The van der Waals surface area contributed by atoms with Crippen LogP contribution in [0, 0.1) is 13.8 Å². The number of amides is 1. The zero-order valence-corrected chi connectivity index (χ0v) is 14.7. The second kappa shape index (κ2) is 9.08. The fourth-order valence-electron chi connectivity index (χ4n) is 2.37. The lowest BCUT2D eigenvalue weighted by Gasteiger charge is -2.11. The zero-order chi connectivity index (χ0) is 17.4. The molecule has 2 aromatic carbocycles. The molecule has 128 valence electrons. The van der Waals surface area contributed by atoms with Crippen LogP contribution in [-0.2, 0) is 0 Å². The van der Waals surface area contributed by atoms with Crippen molar-refractivity contribution in [2.45, 2.75) is 27.2 Å². The van der Waals surface area contributed by atoms with E-state index in [1.807, 2.05) is 56.3 Å². The summed E-state index contributed by atoms with van der Waals surface area (Å²) >= 11 is 0. The molecule has 4 nitrogen and oxygen atoms in total. The van der Waals surface area contributed by atoms with Gasteiger partial charge in [0.1, 0.15) is 12.4 Å². The quantitative estimate of drug-likeness (QED) is 0.723. The van der Waals surface area contributed by atoms with Crippen molar-refractivity contribution < 1.29 is 9.53 Å². The van der Waals surface area contributed by atoms with Crippen LogP contribution in [0.3, 0.4) is 0 Å². The van der Waals surface area contributed by atoms with Crippen LogP contribution in [0.2, 0.25) is 0 Å². The number of benzene rings is 2. The first-order valence-corrected chi connectivity index (χ1v) is 8.43. The van der Waals surface area contributed by atoms with E-state index in [9.17, 15) is 4.79 Å². The lowest BCUT2D eigenvalue weighted by molar-refractivity contribution is 0.102. The molecule has 0 aliphatic rings. The Labute approximate surface area is 144 Å². The van der Waals surface area contributed by atoms with Gasteiger partial charge in [0.05, 0.1) is 0 Å². The Morgan fingerprint density at radius 2 is 1.79 bits per heavy atom. The number of hydrogen-bond acceptors (Lipinski definition) is 3. The Kier molecular flexibility index (Phi) is 6.82. The molecule has 2 N–H and O–H groups in total. The van der Waals surface area contributed by atoms with E-state index in [0.717, 1.165) is 42.1 Å². The number of hydrogen-bond donors (Lipinski definition) is 2. The third-order valence-electron chi connectivity index (χ3n) is 3.94. The van der Waals surface area contributed by atoms with Crippen molar-refractivity contribution >= 4 is 11.6 Å². The number of anilines is 1. The Morgan fingerprint density at radius 3 is 2.50 bits per heavy atom. The van der Waals surface area contributed by atoms with Crippen molar-refractivity contribution in [3.8, 4) is 5.75 Å². The minimum atomic E-state index is -0.0892.